The van der Waals surface area contributed by atoms with Crippen LogP contribution in [0.15, 0.2) is 72.8 Å². The normalized spacial score (nSPS) is 27.1. The van der Waals surface area contributed by atoms with Gasteiger partial charge in [0.05, 0.1) is 11.9 Å². The van der Waals surface area contributed by atoms with E-state index in [4.69, 9.17) is 9.47 Å². The zero-order chi connectivity index (χ0) is 34.3. The summed E-state index contributed by atoms with van der Waals surface area (Å²) in [5.41, 5.74) is 20.5. The van der Waals surface area contributed by atoms with Crippen LogP contribution in [0.2, 0.25) is 0 Å². The molecule has 8 atom stereocenters. The number of carbonyl (C=O) groups excluding carboxylic acids is 2. The van der Waals surface area contributed by atoms with Gasteiger partial charge in [-0.2, -0.15) is 0 Å². The number of hydrogen-bond donors (Lipinski definition) is 0. The molecule has 5 aromatic carbocycles. The summed E-state index contributed by atoms with van der Waals surface area (Å²) in [7, 11) is 0. The van der Waals surface area contributed by atoms with E-state index in [9.17, 15) is 19.8 Å². The molecule has 254 valence electrons. The Morgan fingerprint density at radius 1 is 0.426 bits per heavy atom. The molecule has 0 amide bonds. The van der Waals surface area contributed by atoms with E-state index in [0.29, 0.717) is 35.2 Å². The van der Waals surface area contributed by atoms with Gasteiger partial charge in [-0.25, -0.2) is 0 Å². The van der Waals surface area contributed by atoms with Gasteiger partial charge in [-0.15, -0.1) is 0 Å². The summed E-state index contributed by atoms with van der Waals surface area (Å²) < 4.78 is 12.8. The molecule has 0 aromatic heterocycles. The average molecular weight is 727 g/mol. The predicted molar refractivity (Wildman–Crippen MR) is 186 cm³/mol. The van der Waals surface area contributed by atoms with E-state index < -0.39 is 25.2 Å². The van der Waals surface area contributed by atoms with Gasteiger partial charge >= 0.3 is 59.1 Å². The summed E-state index contributed by atoms with van der Waals surface area (Å²) in [4.78, 5) is 24.0. The SMILES string of the molecule is O=C([O-])COc1c2c(c(OCC(=O)[O-])c3c1[C@H]1C[C@@H]3c3cc4c(cc31)[C@H]1C[C@@H]4c3ccccc31)[C@H]1C[C@@H]2c2cc3c(cc21)[C@H]1C[C@@H]3c2ccccc21.[Na+].[Na+]. The summed E-state index contributed by atoms with van der Waals surface area (Å²) in [5, 5.41) is 24.0. The molecule has 13 rings (SSSR count). The van der Waals surface area contributed by atoms with Gasteiger partial charge in [0, 0.05) is 69.6 Å². The van der Waals surface area contributed by atoms with Crippen LogP contribution in [0.25, 0.3) is 0 Å². The fraction of sp³-hybridized carbons (Fsp3) is 0.304. The first-order valence-corrected chi connectivity index (χ1v) is 18.9. The molecule has 54 heavy (non-hydrogen) atoms. The molecule has 0 fully saturated rings. The number of ether oxygens (including phenoxy) is 2. The Morgan fingerprint density at radius 2 is 0.667 bits per heavy atom. The maximum Gasteiger partial charge on any atom is 1.00 e. The number of benzene rings is 5. The third kappa shape index (κ3) is 4.07. The fourth-order valence-electron chi connectivity index (χ4n) is 13.0. The number of carboxylic acid groups (broad SMARTS) is 2. The van der Waals surface area contributed by atoms with Gasteiger partial charge in [-0.1, -0.05) is 72.8 Å². The monoisotopic (exact) mass is 726 g/mol. The molecule has 8 heteroatoms. The quantitative estimate of drug-likeness (QED) is 0.227. The minimum atomic E-state index is -1.26. The van der Waals surface area contributed by atoms with E-state index in [-0.39, 0.29) is 82.8 Å². The van der Waals surface area contributed by atoms with Gasteiger partial charge in [-0.05, 0) is 92.4 Å². The first-order valence-electron chi connectivity index (χ1n) is 18.9. The van der Waals surface area contributed by atoms with Crippen molar-refractivity contribution in [3.8, 4) is 11.5 Å². The van der Waals surface area contributed by atoms with Crippen molar-refractivity contribution in [3.05, 3.63) is 162 Å². The van der Waals surface area contributed by atoms with Gasteiger partial charge in [0.25, 0.3) is 0 Å². The van der Waals surface area contributed by atoms with Crippen molar-refractivity contribution in [2.75, 3.05) is 13.2 Å². The topological polar surface area (TPSA) is 98.7 Å². The molecule has 0 heterocycles. The van der Waals surface area contributed by atoms with Crippen LogP contribution in [-0.4, -0.2) is 25.2 Å². The van der Waals surface area contributed by atoms with E-state index in [1.807, 2.05) is 0 Å². The Bertz CT molecular complexity index is 2250. The summed E-state index contributed by atoms with van der Waals surface area (Å²) in [6.07, 6.45) is 3.87. The first kappa shape index (κ1) is 33.9. The molecule has 0 radical (unpaired) electrons. The average Bonchev–Trinajstić information content (AvgIpc) is 4.02. The Labute approximate surface area is 356 Å². The maximum absolute atomic E-state index is 12.0. The summed E-state index contributed by atoms with van der Waals surface area (Å²) in [5.74, 6) is 0.413. The van der Waals surface area contributed by atoms with Crippen LogP contribution in [0.5, 0.6) is 11.5 Å². The second-order valence-corrected chi connectivity index (χ2v) is 16.5. The van der Waals surface area contributed by atoms with Crippen molar-refractivity contribution >= 4 is 11.9 Å². The minimum absolute atomic E-state index is 0. The van der Waals surface area contributed by atoms with Crippen LogP contribution in [0.1, 0.15) is 162 Å². The molecule has 8 aliphatic carbocycles. The number of fused-ring (bicyclic) bond motifs is 32. The molecule has 0 N–H and O–H groups in total. The van der Waals surface area contributed by atoms with Gasteiger partial charge in [0.1, 0.15) is 24.7 Å². The van der Waals surface area contributed by atoms with Crippen LogP contribution >= 0.6 is 0 Å². The number of carboxylic acids is 2. The Hall–Kier alpha value is -3.36. The number of aliphatic carboxylic acids is 2. The van der Waals surface area contributed by atoms with E-state index >= 15 is 0 Å². The molecule has 0 saturated heterocycles. The molecule has 5 aromatic rings. The van der Waals surface area contributed by atoms with Crippen molar-refractivity contribution in [2.24, 2.45) is 0 Å². The molecule has 0 spiro atoms. The standard InChI is InChI=1S/C46H34O6.2Na/c47-39(48)17-51-45-41-35-15-36(32-12-28-24-9-23(27(28)11-31(32)35)19-5-1-2-6-20(19)24)42(41)46(52-18-40(49)50)44-38-16-37(43(44)45)33-13-29-25-10-26(30(29)14-34(33)38)22-8-4-3-7-21(22)25;;/h1-8,11-14,23-26,35-38H,9-10,15-18H2,(H,47,48)(H,49,50);;/q;2*+1/p-2/t23-,24+,25+,26-,35-,36+,37+,38-;;. The van der Waals surface area contributed by atoms with E-state index in [1.165, 1.54) is 66.8 Å². The molecule has 0 aliphatic heterocycles. The third-order valence-corrected chi connectivity index (χ3v) is 14.6. The van der Waals surface area contributed by atoms with Crippen molar-refractivity contribution in [2.45, 2.75) is 73.0 Å². The van der Waals surface area contributed by atoms with Gasteiger partial charge in [-0.3, -0.25) is 0 Å². The van der Waals surface area contributed by atoms with Crippen molar-refractivity contribution in [1.82, 2.24) is 0 Å². The van der Waals surface area contributed by atoms with E-state index in [2.05, 4.69) is 72.8 Å². The third-order valence-electron chi connectivity index (χ3n) is 14.6. The maximum atomic E-state index is 12.0. The Morgan fingerprint density at radius 3 is 0.926 bits per heavy atom. The minimum Gasteiger partial charge on any atom is -0.546 e. The molecular formula is C46H32Na2O6. The molecule has 0 unspecified atom stereocenters. The Kier molecular flexibility index (Phi) is 7.29. The second kappa shape index (κ2) is 11.6. The predicted octanol–water partition coefficient (Wildman–Crippen LogP) is -0.124. The van der Waals surface area contributed by atoms with Crippen molar-refractivity contribution < 1.29 is 88.4 Å². The summed E-state index contributed by atoms with van der Waals surface area (Å²) in [6.45, 7) is -1.08. The molecule has 8 bridgehead atoms. The van der Waals surface area contributed by atoms with Gasteiger partial charge < -0.3 is 29.3 Å². The van der Waals surface area contributed by atoms with Crippen molar-refractivity contribution in [1.29, 1.82) is 0 Å². The van der Waals surface area contributed by atoms with Crippen molar-refractivity contribution in [3.63, 3.8) is 0 Å². The first-order chi connectivity index (χ1) is 25.4. The zero-order valence-corrected chi connectivity index (χ0v) is 34.2. The van der Waals surface area contributed by atoms with Gasteiger partial charge in [0.2, 0.25) is 0 Å². The van der Waals surface area contributed by atoms with Crippen LogP contribution < -0.4 is 78.8 Å². The second-order valence-electron chi connectivity index (χ2n) is 16.5. The van der Waals surface area contributed by atoms with Crippen LogP contribution in [0.3, 0.4) is 0 Å². The van der Waals surface area contributed by atoms with Crippen LogP contribution in [0, 0.1) is 0 Å². The molecule has 6 nitrogen and oxygen atoms in total. The molecular weight excluding hydrogens is 694 g/mol. The number of rotatable bonds is 6. The van der Waals surface area contributed by atoms with Gasteiger partial charge in [0.15, 0.2) is 0 Å². The number of carbonyl (C=O) groups is 2. The largest absolute Gasteiger partial charge is 1.00 e. The summed E-state index contributed by atoms with van der Waals surface area (Å²) >= 11 is 0. The van der Waals surface area contributed by atoms with E-state index in [0.717, 1.165) is 47.9 Å². The van der Waals surface area contributed by atoms with E-state index in [1.54, 1.807) is 0 Å². The fourth-order valence-corrected chi connectivity index (χ4v) is 13.0. The zero-order valence-electron chi connectivity index (χ0n) is 30.2. The van der Waals surface area contributed by atoms with Crippen LogP contribution in [-0.2, 0) is 9.59 Å². The Balaban J connectivity index is 0.00000171. The molecule has 8 aliphatic rings. The molecule has 0 saturated carbocycles. The smallest absolute Gasteiger partial charge is 0.546 e. The van der Waals surface area contributed by atoms with Crippen LogP contribution in [0.4, 0.5) is 0 Å². The number of hydrogen-bond acceptors (Lipinski definition) is 6. The summed E-state index contributed by atoms with van der Waals surface area (Å²) in [6, 6.07) is 27.4.